The molecule has 1 aliphatic heterocycles. The van der Waals surface area contributed by atoms with E-state index in [0.717, 1.165) is 12.1 Å². The van der Waals surface area contributed by atoms with Crippen LogP contribution in [0.3, 0.4) is 0 Å². The molecule has 0 saturated carbocycles. The number of nitrogens with one attached hydrogen (secondary N) is 2. The number of hydrogen-bond acceptors (Lipinski definition) is 4. The molecule has 1 unspecified atom stereocenters. The van der Waals surface area contributed by atoms with E-state index < -0.39 is 11.6 Å². The summed E-state index contributed by atoms with van der Waals surface area (Å²) in [5, 5.41) is 12.3. The van der Waals surface area contributed by atoms with Crippen LogP contribution >= 0.6 is 0 Å². The number of H-pyrrole nitrogens is 1. The Morgan fingerprint density at radius 3 is 2.72 bits per heavy atom. The minimum Gasteiger partial charge on any atom is -0.375 e. The fraction of sp³-hybridized carbons (Fsp3) is 0.250. The van der Waals surface area contributed by atoms with Crippen molar-refractivity contribution in [3.8, 4) is 28.6 Å². The van der Waals surface area contributed by atoms with Crippen molar-refractivity contribution >= 4 is 5.65 Å². The van der Waals surface area contributed by atoms with Gasteiger partial charge >= 0.3 is 0 Å². The van der Waals surface area contributed by atoms with Crippen LogP contribution in [0.15, 0.2) is 42.6 Å². The topological polar surface area (TPSA) is 78.1 Å². The quantitative estimate of drug-likeness (QED) is 0.510. The number of aromatic amines is 1. The lowest BCUT2D eigenvalue weighted by atomic mass is 10.0. The number of halogens is 2. The molecule has 1 aliphatic rings. The molecule has 1 fully saturated rings. The molecule has 32 heavy (non-hydrogen) atoms. The Morgan fingerprint density at radius 1 is 1.22 bits per heavy atom. The Bertz CT molecular complexity index is 1320. The average Bonchev–Trinajstić information content (AvgIpc) is 3.39. The summed E-state index contributed by atoms with van der Waals surface area (Å²) in [6, 6.07) is 11.5. The molecule has 4 heterocycles. The third-order valence-electron chi connectivity index (χ3n) is 5.70. The number of benzene rings is 1. The zero-order valence-corrected chi connectivity index (χ0v) is 17.5. The zero-order chi connectivity index (χ0) is 22.2. The predicted octanol–water partition coefficient (Wildman–Crippen LogP) is 3.99. The summed E-state index contributed by atoms with van der Waals surface area (Å²) in [4.78, 5) is 7.46. The molecule has 4 aromatic rings. The van der Waals surface area contributed by atoms with Gasteiger partial charge in [-0.2, -0.15) is 5.26 Å². The van der Waals surface area contributed by atoms with E-state index in [1.54, 1.807) is 12.1 Å². The first-order valence-corrected chi connectivity index (χ1v) is 10.4. The van der Waals surface area contributed by atoms with Gasteiger partial charge in [-0.25, -0.2) is 13.8 Å². The van der Waals surface area contributed by atoms with Gasteiger partial charge in [0, 0.05) is 37.0 Å². The number of morpholine rings is 1. The van der Waals surface area contributed by atoms with Gasteiger partial charge in [-0.15, -0.1) is 0 Å². The van der Waals surface area contributed by atoms with Crippen LogP contribution in [0.1, 0.15) is 17.0 Å². The number of hydrogen-bond donors (Lipinski definition) is 2. The van der Waals surface area contributed by atoms with Crippen LogP contribution in [0.5, 0.6) is 0 Å². The molecule has 1 aromatic carbocycles. The number of imidazole rings is 1. The van der Waals surface area contributed by atoms with E-state index >= 15 is 8.78 Å². The molecule has 1 saturated heterocycles. The van der Waals surface area contributed by atoms with E-state index in [1.807, 2.05) is 35.7 Å². The highest BCUT2D eigenvalue weighted by molar-refractivity contribution is 5.72. The maximum atomic E-state index is 15.3. The first-order valence-electron chi connectivity index (χ1n) is 10.4. The molecule has 0 spiro atoms. The van der Waals surface area contributed by atoms with E-state index in [1.165, 1.54) is 12.1 Å². The number of nitriles is 1. The lowest BCUT2D eigenvalue weighted by Crippen LogP contribution is -2.39. The normalized spacial score (nSPS) is 16.4. The second-order valence-corrected chi connectivity index (χ2v) is 7.95. The number of nitrogens with zero attached hydrogens (tertiary/aromatic N) is 3. The van der Waals surface area contributed by atoms with Gasteiger partial charge in [-0.3, -0.25) is 0 Å². The van der Waals surface area contributed by atoms with Crippen molar-refractivity contribution < 1.29 is 13.5 Å². The molecule has 2 N–H and O–H groups in total. The van der Waals surface area contributed by atoms with E-state index in [0.29, 0.717) is 47.9 Å². The van der Waals surface area contributed by atoms with Gasteiger partial charge in [0.2, 0.25) is 0 Å². The second kappa shape index (κ2) is 8.19. The van der Waals surface area contributed by atoms with Crippen LogP contribution in [0.2, 0.25) is 0 Å². The van der Waals surface area contributed by atoms with E-state index in [4.69, 9.17) is 10.00 Å². The lowest BCUT2D eigenvalue weighted by Gasteiger charge is -2.24. The maximum Gasteiger partial charge on any atom is 0.137 e. The van der Waals surface area contributed by atoms with Gasteiger partial charge in [0.25, 0.3) is 0 Å². The van der Waals surface area contributed by atoms with Crippen LogP contribution in [0, 0.1) is 29.9 Å². The predicted molar refractivity (Wildman–Crippen MR) is 116 cm³/mol. The number of aromatic nitrogens is 3. The minimum absolute atomic E-state index is 0.113. The van der Waals surface area contributed by atoms with E-state index in [9.17, 15) is 0 Å². The van der Waals surface area contributed by atoms with Crippen molar-refractivity contribution in [2.75, 3.05) is 19.7 Å². The fourth-order valence-corrected chi connectivity index (χ4v) is 4.14. The van der Waals surface area contributed by atoms with Gasteiger partial charge in [-0.05, 0) is 48.9 Å². The lowest BCUT2D eigenvalue weighted by molar-refractivity contribution is 0.0286. The van der Waals surface area contributed by atoms with Crippen molar-refractivity contribution in [3.05, 3.63) is 71.2 Å². The molecule has 0 aliphatic carbocycles. The van der Waals surface area contributed by atoms with Crippen LogP contribution < -0.4 is 5.32 Å². The summed E-state index contributed by atoms with van der Waals surface area (Å²) >= 11 is 0. The van der Waals surface area contributed by atoms with Gasteiger partial charge in [0.15, 0.2) is 0 Å². The molecule has 5 rings (SSSR count). The summed E-state index contributed by atoms with van der Waals surface area (Å²) in [6.45, 7) is 3.99. The first kappa shape index (κ1) is 20.4. The SMILES string of the molecule is Cc1ccn2c(CC3CNCCO3)c(-c3c(F)cc(-c4ccc(C#N)[nH]4)cc3F)nc2c1. The Labute approximate surface area is 183 Å². The molecule has 6 nitrogen and oxygen atoms in total. The van der Waals surface area contributed by atoms with Crippen LogP contribution in [0.4, 0.5) is 8.78 Å². The molecule has 162 valence electrons. The van der Waals surface area contributed by atoms with Crippen molar-refractivity contribution in [2.45, 2.75) is 19.4 Å². The van der Waals surface area contributed by atoms with Gasteiger partial charge in [-0.1, -0.05) is 0 Å². The average molecular weight is 433 g/mol. The summed E-state index contributed by atoms with van der Waals surface area (Å²) in [5.41, 5.74) is 3.56. The number of aryl methyl sites for hydroxylation is 1. The summed E-state index contributed by atoms with van der Waals surface area (Å²) < 4.78 is 38.4. The van der Waals surface area contributed by atoms with E-state index in [2.05, 4.69) is 15.3 Å². The molecule has 0 amide bonds. The molecular weight excluding hydrogens is 412 g/mol. The number of fused-ring (bicyclic) bond motifs is 1. The van der Waals surface area contributed by atoms with E-state index in [-0.39, 0.29) is 17.4 Å². The van der Waals surface area contributed by atoms with Crippen molar-refractivity contribution in [1.29, 1.82) is 5.26 Å². The highest BCUT2D eigenvalue weighted by Crippen LogP contribution is 2.34. The van der Waals surface area contributed by atoms with Gasteiger partial charge < -0.3 is 19.4 Å². The highest BCUT2D eigenvalue weighted by Gasteiger charge is 2.25. The molecule has 8 heteroatoms. The Balaban J connectivity index is 1.63. The summed E-state index contributed by atoms with van der Waals surface area (Å²) in [5.74, 6) is -1.42. The number of ether oxygens (including phenoxy) is 1. The second-order valence-electron chi connectivity index (χ2n) is 7.95. The third-order valence-corrected chi connectivity index (χ3v) is 5.70. The van der Waals surface area contributed by atoms with Gasteiger partial charge in [0.05, 0.1) is 29.7 Å². The third kappa shape index (κ3) is 3.66. The van der Waals surface area contributed by atoms with Crippen LogP contribution in [-0.2, 0) is 11.2 Å². The molecular formula is C24H21F2N5O. The standard InChI is InChI=1S/C24H21F2N5O/c1-14-4-6-31-21(11-17-13-28-5-7-32-17)24(30-22(31)8-14)23-18(25)9-15(10-19(23)26)20-3-2-16(12-27)29-20/h2-4,6,8-10,17,28-29H,5,7,11,13H2,1H3. The summed E-state index contributed by atoms with van der Waals surface area (Å²) in [6.07, 6.45) is 2.23. The van der Waals surface area contributed by atoms with Crippen LogP contribution in [-0.4, -0.2) is 40.2 Å². The van der Waals surface area contributed by atoms with Gasteiger partial charge in [0.1, 0.15) is 29.0 Å². The monoisotopic (exact) mass is 433 g/mol. The fourth-order valence-electron chi connectivity index (χ4n) is 4.14. The Kier molecular flexibility index (Phi) is 5.21. The number of pyridine rings is 1. The van der Waals surface area contributed by atoms with Crippen molar-refractivity contribution in [3.63, 3.8) is 0 Å². The largest absolute Gasteiger partial charge is 0.375 e. The Hall–Kier alpha value is -3.54. The molecule has 3 aromatic heterocycles. The highest BCUT2D eigenvalue weighted by atomic mass is 19.1. The summed E-state index contributed by atoms with van der Waals surface area (Å²) in [7, 11) is 0. The minimum atomic E-state index is -0.711. The number of rotatable bonds is 4. The molecule has 0 bridgehead atoms. The smallest absolute Gasteiger partial charge is 0.137 e. The Morgan fingerprint density at radius 2 is 2.03 bits per heavy atom. The van der Waals surface area contributed by atoms with Crippen molar-refractivity contribution in [2.24, 2.45) is 0 Å². The molecule has 0 radical (unpaired) electrons. The zero-order valence-electron chi connectivity index (χ0n) is 17.5. The van der Waals surface area contributed by atoms with Crippen molar-refractivity contribution in [1.82, 2.24) is 19.7 Å². The first-order chi connectivity index (χ1) is 15.5. The van der Waals surface area contributed by atoms with Crippen LogP contribution in [0.25, 0.3) is 28.2 Å². The maximum absolute atomic E-state index is 15.3. The molecule has 1 atom stereocenters.